The molecule has 0 aliphatic rings. The van der Waals surface area contributed by atoms with Gasteiger partial charge in [0.25, 0.3) is 5.91 Å². The smallest absolute Gasteiger partial charge is 0.261 e. The summed E-state index contributed by atoms with van der Waals surface area (Å²) in [5, 5.41) is 4.82. The maximum absolute atomic E-state index is 13.6. The molecule has 4 rings (SSSR count). The van der Waals surface area contributed by atoms with E-state index in [-0.39, 0.29) is 18.4 Å². The SMILES string of the molecule is CNC(=O)C(Cc1ccccc1)N(Cc1ccc(C)cc1)C(=O)COc1ccc2ccccc2c1Br. The van der Waals surface area contributed by atoms with E-state index in [1.165, 1.54) is 0 Å². The van der Waals surface area contributed by atoms with Crippen molar-refractivity contribution in [2.75, 3.05) is 13.7 Å². The van der Waals surface area contributed by atoms with E-state index in [9.17, 15) is 9.59 Å². The van der Waals surface area contributed by atoms with Gasteiger partial charge in [0, 0.05) is 20.0 Å². The molecule has 1 atom stereocenters. The number of amides is 2. The van der Waals surface area contributed by atoms with E-state index in [1.807, 2.05) is 97.9 Å². The number of halogens is 1. The highest BCUT2D eigenvalue weighted by Gasteiger charge is 2.30. The molecule has 1 unspecified atom stereocenters. The Balaban J connectivity index is 1.61. The van der Waals surface area contributed by atoms with Crippen LogP contribution in [0.2, 0.25) is 0 Å². The van der Waals surface area contributed by atoms with E-state index in [4.69, 9.17) is 4.74 Å². The van der Waals surface area contributed by atoms with E-state index in [2.05, 4.69) is 21.2 Å². The lowest BCUT2D eigenvalue weighted by molar-refractivity contribution is -0.142. The second kappa shape index (κ2) is 11.9. The zero-order chi connectivity index (χ0) is 25.5. The standard InChI is InChI=1S/C30H29BrN2O3/c1-21-12-14-23(15-13-21)19-33(26(30(35)32-2)18-22-8-4-3-5-9-22)28(34)20-36-27-17-16-24-10-6-7-11-25(24)29(27)31/h3-17,26H,18-20H2,1-2H3,(H,32,35). The molecule has 1 N–H and O–H groups in total. The third-order valence-corrected chi connectivity index (χ3v) is 6.99. The average molecular weight is 545 g/mol. The predicted octanol–water partition coefficient (Wildman–Crippen LogP) is 5.68. The van der Waals surface area contributed by atoms with Crippen LogP contribution >= 0.6 is 15.9 Å². The van der Waals surface area contributed by atoms with Gasteiger partial charge in [-0.1, -0.05) is 90.5 Å². The summed E-state index contributed by atoms with van der Waals surface area (Å²) in [6.07, 6.45) is 0.401. The molecule has 0 aliphatic heterocycles. The molecule has 0 fully saturated rings. The summed E-state index contributed by atoms with van der Waals surface area (Å²) >= 11 is 3.62. The summed E-state index contributed by atoms with van der Waals surface area (Å²) in [7, 11) is 1.59. The quantitative estimate of drug-likeness (QED) is 0.295. The van der Waals surface area contributed by atoms with Crippen molar-refractivity contribution >= 4 is 38.5 Å². The van der Waals surface area contributed by atoms with Crippen LogP contribution in [-0.4, -0.2) is 36.4 Å². The van der Waals surface area contributed by atoms with Gasteiger partial charge in [0.15, 0.2) is 6.61 Å². The van der Waals surface area contributed by atoms with Gasteiger partial charge in [-0.15, -0.1) is 0 Å². The van der Waals surface area contributed by atoms with E-state index >= 15 is 0 Å². The van der Waals surface area contributed by atoms with Crippen LogP contribution in [0.5, 0.6) is 5.75 Å². The minimum atomic E-state index is -0.685. The van der Waals surface area contributed by atoms with Gasteiger partial charge in [0.05, 0.1) is 4.47 Å². The van der Waals surface area contributed by atoms with Crippen molar-refractivity contribution in [2.24, 2.45) is 0 Å². The van der Waals surface area contributed by atoms with E-state index in [0.717, 1.165) is 31.9 Å². The number of hydrogen-bond acceptors (Lipinski definition) is 3. The molecular weight excluding hydrogens is 516 g/mol. The van der Waals surface area contributed by atoms with Crippen molar-refractivity contribution in [1.82, 2.24) is 10.2 Å². The van der Waals surface area contributed by atoms with Crippen LogP contribution in [0.15, 0.2) is 95.5 Å². The van der Waals surface area contributed by atoms with Gasteiger partial charge in [-0.25, -0.2) is 0 Å². The summed E-state index contributed by atoms with van der Waals surface area (Å²) < 4.78 is 6.79. The molecule has 0 heterocycles. The largest absolute Gasteiger partial charge is 0.483 e. The first kappa shape index (κ1) is 25.5. The van der Waals surface area contributed by atoms with Gasteiger partial charge < -0.3 is 15.0 Å². The second-order valence-corrected chi connectivity index (χ2v) is 9.51. The molecule has 0 saturated carbocycles. The van der Waals surface area contributed by atoms with Crippen LogP contribution in [0.25, 0.3) is 10.8 Å². The number of nitrogens with zero attached hydrogens (tertiary/aromatic N) is 1. The Bertz CT molecular complexity index is 1340. The highest BCUT2D eigenvalue weighted by molar-refractivity contribution is 9.10. The van der Waals surface area contributed by atoms with Crippen LogP contribution < -0.4 is 10.1 Å². The molecular formula is C30H29BrN2O3. The molecule has 184 valence electrons. The van der Waals surface area contributed by atoms with Gasteiger partial charge in [-0.2, -0.15) is 0 Å². The number of benzene rings is 4. The maximum Gasteiger partial charge on any atom is 0.261 e. The first-order valence-electron chi connectivity index (χ1n) is 11.9. The Kier molecular flexibility index (Phi) is 8.39. The number of ether oxygens (including phenoxy) is 1. The van der Waals surface area contributed by atoms with Crippen molar-refractivity contribution in [1.29, 1.82) is 0 Å². The third-order valence-electron chi connectivity index (χ3n) is 6.17. The first-order valence-corrected chi connectivity index (χ1v) is 12.7. The molecule has 36 heavy (non-hydrogen) atoms. The van der Waals surface area contributed by atoms with Gasteiger partial charge in [0.2, 0.25) is 5.91 Å². The van der Waals surface area contributed by atoms with Crippen molar-refractivity contribution in [3.05, 3.63) is 112 Å². The lowest BCUT2D eigenvalue weighted by Gasteiger charge is -2.31. The van der Waals surface area contributed by atoms with Crippen molar-refractivity contribution in [3.63, 3.8) is 0 Å². The van der Waals surface area contributed by atoms with Crippen LogP contribution in [0.1, 0.15) is 16.7 Å². The fourth-order valence-corrected chi connectivity index (χ4v) is 4.77. The lowest BCUT2D eigenvalue weighted by Crippen LogP contribution is -2.51. The number of fused-ring (bicyclic) bond motifs is 1. The molecule has 0 radical (unpaired) electrons. The third kappa shape index (κ3) is 6.13. The number of hydrogen-bond donors (Lipinski definition) is 1. The molecule has 6 heteroatoms. The van der Waals surface area contributed by atoms with Crippen molar-refractivity contribution in [3.8, 4) is 5.75 Å². The minimum absolute atomic E-state index is 0.189. The zero-order valence-corrected chi connectivity index (χ0v) is 22.0. The topological polar surface area (TPSA) is 58.6 Å². The monoisotopic (exact) mass is 544 g/mol. The van der Waals surface area contributed by atoms with Gasteiger partial charge >= 0.3 is 0 Å². The predicted molar refractivity (Wildman–Crippen MR) is 147 cm³/mol. The highest BCUT2D eigenvalue weighted by Crippen LogP contribution is 2.33. The first-order chi connectivity index (χ1) is 17.5. The molecule has 0 saturated heterocycles. The molecule has 4 aromatic rings. The fourth-order valence-electron chi connectivity index (χ4n) is 4.16. The summed E-state index contributed by atoms with van der Waals surface area (Å²) in [6.45, 7) is 2.13. The molecule has 0 aliphatic carbocycles. The summed E-state index contributed by atoms with van der Waals surface area (Å²) in [4.78, 5) is 28.3. The molecule has 0 aromatic heterocycles. The van der Waals surface area contributed by atoms with Gasteiger partial charge in [0.1, 0.15) is 11.8 Å². The number of carbonyl (C=O) groups is 2. The fraction of sp³-hybridized carbons (Fsp3) is 0.200. The molecule has 0 bridgehead atoms. The Morgan fingerprint density at radius 2 is 1.58 bits per heavy atom. The van der Waals surface area contributed by atoms with Crippen molar-refractivity contribution < 1.29 is 14.3 Å². The van der Waals surface area contributed by atoms with E-state index in [0.29, 0.717) is 18.7 Å². The van der Waals surface area contributed by atoms with Crippen LogP contribution in [0, 0.1) is 6.92 Å². The number of rotatable bonds is 9. The second-order valence-electron chi connectivity index (χ2n) is 8.71. The summed E-state index contributed by atoms with van der Waals surface area (Å²) in [6, 6.07) is 28.8. The number of likely N-dealkylation sites (N-methyl/N-ethyl adjacent to an activating group) is 1. The van der Waals surface area contributed by atoms with Crippen LogP contribution in [0.3, 0.4) is 0 Å². The van der Waals surface area contributed by atoms with E-state index in [1.54, 1.807) is 11.9 Å². The molecule has 2 amide bonds. The highest BCUT2D eigenvalue weighted by atomic mass is 79.9. The lowest BCUT2D eigenvalue weighted by atomic mass is 10.0. The van der Waals surface area contributed by atoms with Crippen LogP contribution in [-0.2, 0) is 22.6 Å². The summed E-state index contributed by atoms with van der Waals surface area (Å²) in [5.41, 5.74) is 3.06. The number of aryl methyl sites for hydroxylation is 1. The van der Waals surface area contributed by atoms with Crippen molar-refractivity contribution in [2.45, 2.75) is 25.9 Å². The molecule has 5 nitrogen and oxygen atoms in total. The normalized spacial score (nSPS) is 11.6. The number of nitrogens with one attached hydrogen (secondary N) is 1. The van der Waals surface area contributed by atoms with Gasteiger partial charge in [-0.05, 0) is 50.8 Å². The molecule has 0 spiro atoms. The molecule has 4 aromatic carbocycles. The maximum atomic E-state index is 13.6. The van der Waals surface area contributed by atoms with Gasteiger partial charge in [-0.3, -0.25) is 9.59 Å². The number of carbonyl (C=O) groups excluding carboxylic acids is 2. The Morgan fingerprint density at radius 1 is 0.889 bits per heavy atom. The van der Waals surface area contributed by atoms with Crippen LogP contribution in [0.4, 0.5) is 0 Å². The average Bonchev–Trinajstić information content (AvgIpc) is 2.91. The summed E-state index contributed by atoms with van der Waals surface area (Å²) in [5.74, 6) is 0.100. The zero-order valence-electron chi connectivity index (χ0n) is 20.4. The van der Waals surface area contributed by atoms with E-state index < -0.39 is 6.04 Å². The Labute approximate surface area is 220 Å². The Morgan fingerprint density at radius 3 is 2.31 bits per heavy atom. The minimum Gasteiger partial charge on any atom is -0.483 e. The Hall–Kier alpha value is -3.64.